The average molecular weight is 390 g/mol. The highest BCUT2D eigenvalue weighted by Gasteiger charge is 2.29. The number of hydrogen-bond donors (Lipinski definition) is 5. The number of carbonyl (C=O) groups excluding carboxylic acids is 3. The first-order valence-corrected chi connectivity index (χ1v) is 10.0. The molecule has 1 saturated heterocycles. The zero-order valence-corrected chi connectivity index (χ0v) is 16.7. The molecule has 2 fully saturated rings. The number of hydrogen-bond acceptors (Lipinski definition) is 3. The van der Waals surface area contributed by atoms with E-state index in [1.54, 1.807) is 0 Å². The third-order valence-electron chi connectivity index (χ3n) is 5.45. The van der Waals surface area contributed by atoms with Crippen molar-refractivity contribution in [1.29, 1.82) is 0 Å². The molecule has 4 amide bonds. The first kappa shape index (κ1) is 20.3. The van der Waals surface area contributed by atoms with E-state index in [4.69, 9.17) is 0 Å². The van der Waals surface area contributed by atoms with Crippen LogP contribution in [0.15, 0.2) is 18.2 Å². The molecule has 0 radical (unpaired) electrons. The molecule has 2 aliphatic rings. The lowest BCUT2D eigenvalue weighted by Crippen LogP contribution is -3.28. The van der Waals surface area contributed by atoms with Gasteiger partial charge in [-0.1, -0.05) is 6.07 Å². The molecule has 28 heavy (non-hydrogen) atoms. The highest BCUT2D eigenvalue weighted by atomic mass is 16.2. The van der Waals surface area contributed by atoms with E-state index in [0.29, 0.717) is 18.3 Å². The van der Waals surface area contributed by atoms with Gasteiger partial charge in [-0.05, 0) is 49.9 Å². The molecular formula is C20H31N5O3+2. The normalized spacial score (nSPS) is 21.6. The van der Waals surface area contributed by atoms with Crippen LogP contribution in [0.25, 0.3) is 0 Å². The van der Waals surface area contributed by atoms with Crippen LogP contribution in [0, 0.1) is 13.8 Å². The summed E-state index contributed by atoms with van der Waals surface area (Å²) in [5.41, 5.74) is 2.90. The minimum Gasteiger partial charge on any atom is -0.348 e. The molecule has 8 nitrogen and oxygen atoms in total. The molecule has 0 unspecified atom stereocenters. The molecule has 0 atom stereocenters. The summed E-state index contributed by atoms with van der Waals surface area (Å²) in [5, 5.41) is 8.12. The molecule has 1 saturated carbocycles. The van der Waals surface area contributed by atoms with Gasteiger partial charge in [0.05, 0.1) is 0 Å². The Morgan fingerprint density at radius 1 is 0.929 bits per heavy atom. The predicted molar refractivity (Wildman–Crippen MR) is 105 cm³/mol. The van der Waals surface area contributed by atoms with Crippen LogP contribution in [0.1, 0.15) is 24.0 Å². The number of quaternary nitrogens is 2. The summed E-state index contributed by atoms with van der Waals surface area (Å²) in [6.45, 7) is 8.11. The smallest absolute Gasteiger partial charge is 0.326 e. The zero-order valence-electron chi connectivity index (χ0n) is 16.7. The number of carbonyl (C=O) groups is 3. The van der Waals surface area contributed by atoms with Gasteiger partial charge in [-0.3, -0.25) is 14.9 Å². The number of benzene rings is 1. The summed E-state index contributed by atoms with van der Waals surface area (Å²) in [6.07, 6.45) is 2.20. The molecular weight excluding hydrogens is 358 g/mol. The Balaban J connectivity index is 1.35. The summed E-state index contributed by atoms with van der Waals surface area (Å²) in [5.74, 6) is -0.159. The Hall–Kier alpha value is -2.45. The second kappa shape index (κ2) is 9.16. The van der Waals surface area contributed by atoms with Crippen molar-refractivity contribution in [2.75, 3.05) is 44.6 Å². The van der Waals surface area contributed by atoms with Crippen molar-refractivity contribution in [1.82, 2.24) is 10.6 Å². The summed E-state index contributed by atoms with van der Waals surface area (Å²) < 4.78 is 0. The summed E-state index contributed by atoms with van der Waals surface area (Å²) in [7, 11) is 0. The summed E-state index contributed by atoms with van der Waals surface area (Å²) in [4.78, 5) is 38.5. The first-order valence-electron chi connectivity index (χ1n) is 10.0. The average Bonchev–Trinajstić information content (AvgIpc) is 3.43. The standard InChI is InChI=1S/C20H29N5O3/c1-14-3-4-17(11-15(14)2)22-20(28)23-19(27)13-25-9-7-24(8-10-25)12-18(26)21-16-5-6-16/h3-4,11,16H,5-10,12-13H2,1-2H3,(H,21,26)(H2,22,23,27,28)/p+2. The Morgan fingerprint density at radius 2 is 1.54 bits per heavy atom. The number of piperazine rings is 1. The lowest BCUT2D eigenvalue weighted by Gasteiger charge is -2.28. The highest BCUT2D eigenvalue weighted by molar-refractivity contribution is 6.01. The fourth-order valence-electron chi connectivity index (χ4n) is 3.42. The van der Waals surface area contributed by atoms with Gasteiger partial charge in [0.15, 0.2) is 13.1 Å². The van der Waals surface area contributed by atoms with Crippen LogP contribution in [0.3, 0.4) is 0 Å². The maximum atomic E-state index is 12.2. The van der Waals surface area contributed by atoms with Gasteiger partial charge in [0.25, 0.3) is 11.8 Å². The number of nitrogens with one attached hydrogen (secondary N) is 5. The molecule has 0 aromatic heterocycles. The molecule has 1 aliphatic carbocycles. The van der Waals surface area contributed by atoms with Crippen molar-refractivity contribution in [2.24, 2.45) is 0 Å². The Labute approximate surface area is 165 Å². The lowest BCUT2D eigenvalue weighted by atomic mass is 10.1. The van der Waals surface area contributed by atoms with Crippen molar-refractivity contribution >= 4 is 23.5 Å². The van der Waals surface area contributed by atoms with E-state index in [1.165, 1.54) is 4.90 Å². The minimum atomic E-state index is -0.506. The summed E-state index contributed by atoms with van der Waals surface area (Å²) >= 11 is 0. The van der Waals surface area contributed by atoms with Gasteiger partial charge < -0.3 is 20.4 Å². The predicted octanol–water partition coefficient (Wildman–Crippen LogP) is -1.99. The van der Waals surface area contributed by atoms with Gasteiger partial charge in [-0.25, -0.2) is 4.79 Å². The molecule has 1 aromatic rings. The lowest BCUT2D eigenvalue weighted by molar-refractivity contribution is -1.00. The van der Waals surface area contributed by atoms with Crippen LogP contribution in [0.4, 0.5) is 10.5 Å². The molecule has 1 aromatic carbocycles. The monoisotopic (exact) mass is 389 g/mol. The van der Waals surface area contributed by atoms with Crippen molar-refractivity contribution in [3.05, 3.63) is 29.3 Å². The van der Waals surface area contributed by atoms with E-state index < -0.39 is 6.03 Å². The largest absolute Gasteiger partial charge is 0.348 e. The van der Waals surface area contributed by atoms with Gasteiger partial charge in [0.1, 0.15) is 26.2 Å². The van der Waals surface area contributed by atoms with E-state index >= 15 is 0 Å². The number of anilines is 1. The van der Waals surface area contributed by atoms with Gasteiger partial charge in [0.2, 0.25) is 0 Å². The van der Waals surface area contributed by atoms with E-state index in [-0.39, 0.29) is 18.4 Å². The van der Waals surface area contributed by atoms with Gasteiger partial charge in [-0.2, -0.15) is 0 Å². The van der Waals surface area contributed by atoms with Gasteiger partial charge >= 0.3 is 6.03 Å². The molecule has 1 aliphatic heterocycles. The third kappa shape index (κ3) is 6.31. The summed E-state index contributed by atoms with van der Waals surface area (Å²) in [6, 6.07) is 5.53. The fraction of sp³-hybridized carbons (Fsp3) is 0.550. The van der Waals surface area contributed by atoms with Crippen LogP contribution in [-0.2, 0) is 9.59 Å². The van der Waals surface area contributed by atoms with E-state index in [0.717, 1.165) is 55.0 Å². The van der Waals surface area contributed by atoms with Crippen molar-refractivity contribution in [3.8, 4) is 0 Å². The molecule has 0 bridgehead atoms. The van der Waals surface area contributed by atoms with Gasteiger partial charge in [0, 0.05) is 11.7 Å². The maximum absolute atomic E-state index is 12.2. The Bertz CT molecular complexity index is 739. The van der Waals surface area contributed by atoms with E-state index in [2.05, 4.69) is 16.0 Å². The molecule has 1 heterocycles. The van der Waals surface area contributed by atoms with Crippen molar-refractivity contribution in [3.63, 3.8) is 0 Å². The number of aryl methyl sites for hydroxylation is 2. The zero-order chi connectivity index (χ0) is 20.1. The first-order chi connectivity index (χ1) is 13.4. The van der Waals surface area contributed by atoms with Gasteiger partial charge in [-0.15, -0.1) is 0 Å². The van der Waals surface area contributed by atoms with E-state index in [1.807, 2.05) is 32.0 Å². The SMILES string of the molecule is Cc1ccc(NC(=O)NC(=O)C[NH+]2CC[NH+](CC(=O)NC3CC3)CC2)cc1C. The van der Waals surface area contributed by atoms with Crippen LogP contribution in [-0.4, -0.2) is 63.2 Å². The Kier molecular flexibility index (Phi) is 6.64. The molecule has 152 valence electrons. The third-order valence-corrected chi connectivity index (χ3v) is 5.45. The molecule has 8 heteroatoms. The van der Waals surface area contributed by atoms with Crippen molar-refractivity contribution in [2.45, 2.75) is 32.7 Å². The number of amides is 4. The minimum absolute atomic E-state index is 0.127. The topological polar surface area (TPSA) is 96.2 Å². The highest BCUT2D eigenvalue weighted by Crippen LogP contribution is 2.18. The quantitative estimate of drug-likeness (QED) is 0.390. The molecule has 3 rings (SSSR count). The van der Waals surface area contributed by atoms with Crippen LogP contribution < -0.4 is 25.8 Å². The van der Waals surface area contributed by atoms with E-state index in [9.17, 15) is 14.4 Å². The van der Waals surface area contributed by atoms with Crippen LogP contribution in [0.2, 0.25) is 0 Å². The van der Waals surface area contributed by atoms with Crippen molar-refractivity contribution < 1.29 is 24.2 Å². The second-order valence-electron chi connectivity index (χ2n) is 8.00. The molecule has 0 spiro atoms. The number of imide groups is 1. The fourth-order valence-corrected chi connectivity index (χ4v) is 3.42. The van der Waals surface area contributed by atoms with Crippen LogP contribution >= 0.6 is 0 Å². The Morgan fingerprint density at radius 3 is 2.11 bits per heavy atom. The van der Waals surface area contributed by atoms with Crippen LogP contribution in [0.5, 0.6) is 0 Å². The number of rotatable bonds is 6. The molecule has 5 N–H and O–H groups in total. The maximum Gasteiger partial charge on any atom is 0.326 e. The number of urea groups is 1. The second-order valence-corrected chi connectivity index (χ2v) is 8.00.